The maximum atomic E-state index is 5.35. The number of hydrazine groups is 1. The van der Waals surface area contributed by atoms with Crippen LogP contribution in [-0.4, -0.2) is 16.6 Å². The summed E-state index contributed by atoms with van der Waals surface area (Å²) in [7, 11) is 0. The molecule has 2 heterocycles. The predicted molar refractivity (Wildman–Crippen MR) is 47.9 cm³/mol. The van der Waals surface area contributed by atoms with Crippen LogP contribution < -0.4 is 11.3 Å². The van der Waals surface area contributed by atoms with Gasteiger partial charge in [0.15, 0.2) is 0 Å². The van der Waals surface area contributed by atoms with Gasteiger partial charge in [0.25, 0.3) is 0 Å². The molecule has 0 amide bonds. The number of ether oxygens (including phenoxy) is 1. The molecule has 5 heteroatoms. The molecule has 0 unspecified atom stereocenters. The van der Waals surface area contributed by atoms with E-state index in [4.69, 9.17) is 10.6 Å². The Bertz CT molecular complexity index is 309. The van der Waals surface area contributed by atoms with Gasteiger partial charge in [-0.1, -0.05) is 0 Å². The van der Waals surface area contributed by atoms with Gasteiger partial charge < -0.3 is 10.2 Å². The lowest BCUT2D eigenvalue weighted by Gasteiger charge is -2.18. The van der Waals surface area contributed by atoms with Gasteiger partial charge in [0, 0.05) is 12.0 Å². The maximum absolute atomic E-state index is 5.35. The van der Waals surface area contributed by atoms with E-state index in [9.17, 15) is 0 Å². The molecule has 0 aromatic carbocycles. The van der Waals surface area contributed by atoms with Crippen molar-refractivity contribution in [2.24, 2.45) is 5.84 Å². The summed E-state index contributed by atoms with van der Waals surface area (Å²) in [5.74, 6) is 6.77. The minimum Gasteiger partial charge on any atom is -0.376 e. The van der Waals surface area contributed by atoms with Crippen molar-refractivity contribution in [2.75, 3.05) is 12.0 Å². The lowest BCUT2D eigenvalue weighted by Crippen LogP contribution is -2.19. The third kappa shape index (κ3) is 1.48. The number of anilines is 1. The summed E-state index contributed by atoms with van der Waals surface area (Å²) in [4.78, 5) is 8.51. The number of rotatable bonds is 1. The van der Waals surface area contributed by atoms with E-state index in [1.54, 1.807) is 0 Å². The monoisotopic (exact) mass is 180 g/mol. The first-order valence-electron chi connectivity index (χ1n) is 4.22. The molecule has 0 atom stereocenters. The zero-order valence-corrected chi connectivity index (χ0v) is 7.50. The van der Waals surface area contributed by atoms with Crippen LogP contribution in [0.5, 0.6) is 0 Å². The summed E-state index contributed by atoms with van der Waals surface area (Å²) in [5, 5.41) is 0. The molecule has 1 aliphatic rings. The average molecular weight is 180 g/mol. The van der Waals surface area contributed by atoms with Crippen LogP contribution in [0.3, 0.4) is 0 Å². The minimum atomic E-state index is 0.551. The Morgan fingerprint density at radius 3 is 3.08 bits per heavy atom. The molecule has 0 saturated heterocycles. The van der Waals surface area contributed by atoms with Gasteiger partial charge in [-0.15, -0.1) is 0 Å². The van der Waals surface area contributed by atoms with Crippen LogP contribution in [0.4, 0.5) is 5.82 Å². The number of nitrogens with zero attached hydrogens (tertiary/aromatic N) is 2. The van der Waals surface area contributed by atoms with Crippen molar-refractivity contribution in [3.05, 3.63) is 17.1 Å². The highest BCUT2D eigenvalue weighted by atomic mass is 16.5. The lowest BCUT2D eigenvalue weighted by molar-refractivity contribution is 0.109. The van der Waals surface area contributed by atoms with Gasteiger partial charge in [-0.3, -0.25) is 0 Å². The molecule has 3 N–H and O–H groups in total. The molecule has 1 aromatic heterocycles. The molecule has 1 aliphatic heterocycles. The molecule has 0 bridgehead atoms. The SMILES string of the molecule is Cc1nc2c(c(NN)n1)COCC2. The van der Waals surface area contributed by atoms with Crippen LogP contribution in [0.1, 0.15) is 17.1 Å². The van der Waals surface area contributed by atoms with Crippen molar-refractivity contribution < 1.29 is 4.74 Å². The van der Waals surface area contributed by atoms with Crippen LogP contribution in [0.2, 0.25) is 0 Å². The molecule has 70 valence electrons. The summed E-state index contributed by atoms with van der Waals surface area (Å²) in [6.45, 7) is 3.14. The second kappa shape index (κ2) is 3.27. The normalized spacial score (nSPS) is 15.2. The molecule has 0 radical (unpaired) electrons. The first-order valence-corrected chi connectivity index (χ1v) is 4.22. The van der Waals surface area contributed by atoms with Gasteiger partial charge >= 0.3 is 0 Å². The number of hydrogen-bond acceptors (Lipinski definition) is 5. The Morgan fingerprint density at radius 2 is 2.31 bits per heavy atom. The van der Waals surface area contributed by atoms with E-state index in [-0.39, 0.29) is 0 Å². The molecule has 13 heavy (non-hydrogen) atoms. The van der Waals surface area contributed by atoms with Crippen LogP contribution >= 0.6 is 0 Å². The predicted octanol–water partition coefficient (Wildman–Crippen LogP) is 0.143. The number of aryl methyl sites for hydroxylation is 1. The average Bonchev–Trinajstić information content (AvgIpc) is 2.16. The highest BCUT2D eigenvalue weighted by Crippen LogP contribution is 2.20. The number of fused-ring (bicyclic) bond motifs is 1. The second-order valence-corrected chi connectivity index (χ2v) is 2.99. The first kappa shape index (κ1) is 8.40. The van der Waals surface area contributed by atoms with Crippen molar-refractivity contribution in [1.82, 2.24) is 9.97 Å². The Balaban J connectivity index is 2.50. The molecule has 0 spiro atoms. The number of nitrogens with two attached hydrogens (primary N) is 1. The Kier molecular flexibility index (Phi) is 2.12. The molecule has 5 nitrogen and oxygen atoms in total. The smallest absolute Gasteiger partial charge is 0.149 e. The first-order chi connectivity index (χ1) is 6.31. The Labute approximate surface area is 76.3 Å². The summed E-state index contributed by atoms with van der Waals surface area (Å²) in [6.07, 6.45) is 0.841. The van der Waals surface area contributed by atoms with Gasteiger partial charge in [-0.05, 0) is 6.92 Å². The molecule has 1 aromatic rings. The van der Waals surface area contributed by atoms with Crippen molar-refractivity contribution in [3.8, 4) is 0 Å². The highest BCUT2D eigenvalue weighted by Gasteiger charge is 2.16. The van der Waals surface area contributed by atoms with Crippen molar-refractivity contribution in [2.45, 2.75) is 20.0 Å². The fraction of sp³-hybridized carbons (Fsp3) is 0.500. The molecule has 0 saturated carbocycles. The van der Waals surface area contributed by atoms with Crippen LogP contribution in [0.15, 0.2) is 0 Å². The molecule has 0 aliphatic carbocycles. The van der Waals surface area contributed by atoms with Crippen molar-refractivity contribution in [3.63, 3.8) is 0 Å². The third-order valence-electron chi connectivity index (χ3n) is 2.07. The second-order valence-electron chi connectivity index (χ2n) is 2.99. The maximum Gasteiger partial charge on any atom is 0.149 e. The number of nitrogen functional groups attached to an aromatic ring is 1. The molecular formula is C8H12N4O. The summed E-state index contributed by atoms with van der Waals surface area (Å²) >= 11 is 0. The number of hydrogen-bond donors (Lipinski definition) is 2. The van der Waals surface area contributed by atoms with Gasteiger partial charge in [-0.25, -0.2) is 15.8 Å². The van der Waals surface area contributed by atoms with Crippen molar-refractivity contribution >= 4 is 5.82 Å². The van der Waals surface area contributed by atoms with Gasteiger partial charge in [0.2, 0.25) is 0 Å². The van der Waals surface area contributed by atoms with Crippen molar-refractivity contribution in [1.29, 1.82) is 0 Å². The van der Waals surface area contributed by atoms with E-state index in [0.717, 1.165) is 30.1 Å². The van der Waals surface area contributed by atoms with E-state index in [1.807, 2.05) is 6.92 Å². The van der Waals surface area contributed by atoms with Crippen LogP contribution in [0.25, 0.3) is 0 Å². The fourth-order valence-electron chi connectivity index (χ4n) is 1.47. The van der Waals surface area contributed by atoms with Gasteiger partial charge in [0.05, 0.1) is 18.9 Å². The van der Waals surface area contributed by atoms with Gasteiger partial charge in [-0.2, -0.15) is 0 Å². The summed E-state index contributed by atoms with van der Waals surface area (Å²) in [6, 6.07) is 0. The van der Waals surface area contributed by atoms with E-state index in [1.165, 1.54) is 0 Å². The molecule has 2 rings (SSSR count). The van der Waals surface area contributed by atoms with E-state index >= 15 is 0 Å². The molecular weight excluding hydrogens is 168 g/mol. The lowest BCUT2D eigenvalue weighted by atomic mass is 10.1. The van der Waals surface area contributed by atoms with Crippen LogP contribution in [-0.2, 0) is 17.8 Å². The van der Waals surface area contributed by atoms with E-state index in [0.29, 0.717) is 12.4 Å². The largest absolute Gasteiger partial charge is 0.376 e. The summed E-state index contributed by atoms with van der Waals surface area (Å²) in [5.41, 5.74) is 4.60. The zero-order valence-electron chi connectivity index (χ0n) is 7.50. The minimum absolute atomic E-state index is 0.551. The summed E-state index contributed by atoms with van der Waals surface area (Å²) < 4.78 is 5.30. The van der Waals surface area contributed by atoms with Crippen LogP contribution in [0, 0.1) is 6.92 Å². The fourth-order valence-corrected chi connectivity index (χ4v) is 1.47. The Morgan fingerprint density at radius 1 is 1.46 bits per heavy atom. The number of aromatic nitrogens is 2. The Hall–Kier alpha value is -1.20. The quantitative estimate of drug-likeness (QED) is 0.475. The van der Waals surface area contributed by atoms with E-state index in [2.05, 4.69) is 15.4 Å². The van der Waals surface area contributed by atoms with Gasteiger partial charge in [0.1, 0.15) is 11.6 Å². The zero-order chi connectivity index (χ0) is 9.26. The third-order valence-corrected chi connectivity index (χ3v) is 2.07. The van der Waals surface area contributed by atoms with E-state index < -0.39 is 0 Å². The molecule has 0 fully saturated rings. The topological polar surface area (TPSA) is 73.1 Å². The highest BCUT2D eigenvalue weighted by molar-refractivity contribution is 5.45. The standard InChI is InChI=1S/C8H12N4O/c1-5-10-7-2-3-13-4-6(7)8(11-5)12-9/h2-4,9H2,1H3,(H,10,11,12). The number of nitrogens with one attached hydrogen (secondary N) is 1.